The molecule has 2 aromatic rings. The van der Waals surface area contributed by atoms with Gasteiger partial charge in [0.2, 0.25) is 10.0 Å². The summed E-state index contributed by atoms with van der Waals surface area (Å²) in [6, 6.07) is 12.5. The Labute approximate surface area is 177 Å². The number of benzene rings is 2. The van der Waals surface area contributed by atoms with E-state index in [1.165, 1.54) is 19.2 Å². The quantitative estimate of drug-likeness (QED) is 0.571. The van der Waals surface area contributed by atoms with Crippen LogP contribution in [0.25, 0.3) is 0 Å². The van der Waals surface area contributed by atoms with Crippen LogP contribution in [0.3, 0.4) is 0 Å². The molecule has 0 aliphatic carbocycles. The number of ether oxygens (including phenoxy) is 1. The highest BCUT2D eigenvalue weighted by Crippen LogP contribution is 2.24. The van der Waals surface area contributed by atoms with Crippen molar-refractivity contribution in [3.8, 4) is 5.75 Å². The molecule has 0 saturated heterocycles. The third-order valence-electron chi connectivity index (χ3n) is 4.40. The number of carbonyl (C=O) groups is 1. The lowest BCUT2D eigenvalue weighted by Gasteiger charge is -2.17. The van der Waals surface area contributed by atoms with Crippen molar-refractivity contribution >= 4 is 33.2 Å². The summed E-state index contributed by atoms with van der Waals surface area (Å²) < 4.78 is 30.1. The monoisotopic (exact) mass is 438 g/mol. The van der Waals surface area contributed by atoms with E-state index in [0.29, 0.717) is 24.4 Å². The van der Waals surface area contributed by atoms with Crippen molar-refractivity contribution in [1.29, 1.82) is 0 Å². The Balaban J connectivity index is 1.92. The van der Waals surface area contributed by atoms with Crippen LogP contribution in [-0.2, 0) is 16.4 Å². The number of carbonyl (C=O) groups excluding carboxylic acids is 1. The van der Waals surface area contributed by atoms with Crippen molar-refractivity contribution in [2.24, 2.45) is 0 Å². The average molecular weight is 439 g/mol. The highest BCUT2D eigenvalue weighted by atomic mass is 35.5. The van der Waals surface area contributed by atoms with Gasteiger partial charge in [-0.1, -0.05) is 36.7 Å². The maximum Gasteiger partial charge on any atom is 0.252 e. The van der Waals surface area contributed by atoms with Gasteiger partial charge in [0.05, 0.1) is 29.1 Å². The number of hydrogen-bond donors (Lipinski definition) is 1. The predicted molar refractivity (Wildman–Crippen MR) is 118 cm³/mol. The minimum atomic E-state index is -3.40. The summed E-state index contributed by atoms with van der Waals surface area (Å²) in [7, 11) is -1.96. The van der Waals surface area contributed by atoms with Crippen LogP contribution in [0.4, 0.5) is 5.69 Å². The van der Waals surface area contributed by atoms with E-state index in [-0.39, 0.29) is 10.9 Å². The molecule has 0 heterocycles. The molecule has 0 spiro atoms. The molecule has 0 fully saturated rings. The molecule has 0 atom stereocenters. The number of aryl methyl sites for hydroxylation is 1. The van der Waals surface area contributed by atoms with Gasteiger partial charge in [-0.25, -0.2) is 8.42 Å². The van der Waals surface area contributed by atoms with E-state index in [0.717, 1.165) is 41.1 Å². The van der Waals surface area contributed by atoms with Gasteiger partial charge >= 0.3 is 0 Å². The fourth-order valence-electron chi connectivity index (χ4n) is 2.71. The molecule has 0 aromatic heterocycles. The summed E-state index contributed by atoms with van der Waals surface area (Å²) in [5.41, 5.74) is 1.82. The SMILES string of the molecule is CCCOc1ccccc1CCCNC(=O)c1ccc(N(C)S(C)(=O)=O)cc1Cl. The van der Waals surface area contributed by atoms with E-state index in [9.17, 15) is 13.2 Å². The largest absolute Gasteiger partial charge is 0.493 e. The van der Waals surface area contributed by atoms with Crippen molar-refractivity contribution in [3.05, 3.63) is 58.6 Å². The van der Waals surface area contributed by atoms with Crippen LogP contribution in [0.5, 0.6) is 5.75 Å². The summed E-state index contributed by atoms with van der Waals surface area (Å²) in [6.07, 6.45) is 3.59. The highest BCUT2D eigenvalue weighted by molar-refractivity contribution is 7.92. The second kappa shape index (κ2) is 10.5. The lowest BCUT2D eigenvalue weighted by molar-refractivity contribution is 0.0953. The van der Waals surface area contributed by atoms with Gasteiger partial charge in [0, 0.05) is 13.6 Å². The van der Waals surface area contributed by atoms with E-state index < -0.39 is 10.0 Å². The summed E-state index contributed by atoms with van der Waals surface area (Å²) in [4.78, 5) is 12.4. The first-order valence-corrected chi connectivity index (χ1v) is 11.7. The fourth-order valence-corrected chi connectivity index (χ4v) is 3.47. The second-order valence-electron chi connectivity index (χ2n) is 6.71. The zero-order valence-corrected chi connectivity index (χ0v) is 18.5. The zero-order chi connectivity index (χ0) is 21.4. The van der Waals surface area contributed by atoms with Crippen LogP contribution < -0.4 is 14.4 Å². The van der Waals surface area contributed by atoms with E-state index >= 15 is 0 Å². The normalized spacial score (nSPS) is 11.2. The molecule has 6 nitrogen and oxygen atoms in total. The Morgan fingerprint density at radius 3 is 2.59 bits per heavy atom. The third-order valence-corrected chi connectivity index (χ3v) is 5.92. The van der Waals surface area contributed by atoms with Crippen LogP contribution >= 0.6 is 11.6 Å². The van der Waals surface area contributed by atoms with Gasteiger partial charge < -0.3 is 10.1 Å². The molecule has 0 saturated carbocycles. The van der Waals surface area contributed by atoms with Crippen molar-refractivity contribution in [2.75, 3.05) is 30.8 Å². The third kappa shape index (κ3) is 6.65. The van der Waals surface area contributed by atoms with Gasteiger partial charge in [-0.3, -0.25) is 9.10 Å². The Morgan fingerprint density at radius 2 is 1.93 bits per heavy atom. The number of halogens is 1. The van der Waals surface area contributed by atoms with Gasteiger partial charge in [-0.2, -0.15) is 0 Å². The molecule has 0 aliphatic heterocycles. The first-order chi connectivity index (χ1) is 13.7. The summed E-state index contributed by atoms with van der Waals surface area (Å²) >= 11 is 6.20. The molecular weight excluding hydrogens is 412 g/mol. The number of para-hydroxylation sites is 1. The summed E-state index contributed by atoms with van der Waals surface area (Å²) in [6.45, 7) is 3.23. The molecule has 0 aliphatic rings. The Bertz CT molecular complexity index is 947. The first kappa shape index (κ1) is 23.0. The minimum Gasteiger partial charge on any atom is -0.493 e. The second-order valence-corrected chi connectivity index (χ2v) is 9.13. The number of rotatable bonds is 10. The smallest absolute Gasteiger partial charge is 0.252 e. The highest BCUT2D eigenvalue weighted by Gasteiger charge is 2.16. The van der Waals surface area contributed by atoms with Crippen molar-refractivity contribution in [3.63, 3.8) is 0 Å². The van der Waals surface area contributed by atoms with E-state index in [2.05, 4.69) is 12.2 Å². The minimum absolute atomic E-state index is 0.203. The van der Waals surface area contributed by atoms with Crippen LogP contribution in [-0.4, -0.2) is 40.8 Å². The molecule has 1 N–H and O–H groups in total. The van der Waals surface area contributed by atoms with E-state index in [4.69, 9.17) is 16.3 Å². The van der Waals surface area contributed by atoms with Crippen molar-refractivity contribution in [1.82, 2.24) is 5.32 Å². The van der Waals surface area contributed by atoms with E-state index in [1.54, 1.807) is 6.07 Å². The number of nitrogens with one attached hydrogen (secondary N) is 1. The predicted octanol–water partition coefficient (Wildman–Crippen LogP) is 3.89. The topological polar surface area (TPSA) is 75.7 Å². The lowest BCUT2D eigenvalue weighted by Crippen LogP contribution is -2.26. The summed E-state index contributed by atoms with van der Waals surface area (Å²) in [5, 5.41) is 3.06. The maximum atomic E-state index is 12.4. The molecule has 0 unspecified atom stereocenters. The Kier molecular flexibility index (Phi) is 8.34. The number of nitrogens with zero attached hydrogens (tertiary/aromatic N) is 1. The fraction of sp³-hybridized carbons (Fsp3) is 0.381. The number of hydrogen-bond acceptors (Lipinski definition) is 4. The van der Waals surface area contributed by atoms with Crippen LogP contribution in [0.2, 0.25) is 5.02 Å². The first-order valence-electron chi connectivity index (χ1n) is 9.46. The molecular formula is C21H27ClN2O4S. The molecule has 2 aromatic carbocycles. The zero-order valence-electron chi connectivity index (χ0n) is 16.9. The van der Waals surface area contributed by atoms with E-state index in [1.807, 2.05) is 24.3 Å². The standard InChI is InChI=1S/C21H27ClN2O4S/c1-4-14-28-20-10-6-5-8-16(20)9-7-13-23-21(25)18-12-11-17(15-19(18)22)24(2)29(3,26)27/h5-6,8,10-12,15H,4,7,9,13-14H2,1-3H3,(H,23,25). The Morgan fingerprint density at radius 1 is 1.21 bits per heavy atom. The van der Waals surface area contributed by atoms with Gasteiger partial charge in [0.1, 0.15) is 5.75 Å². The number of amides is 1. The van der Waals surface area contributed by atoms with Gasteiger partial charge in [-0.05, 0) is 49.1 Å². The van der Waals surface area contributed by atoms with Gasteiger partial charge in [-0.15, -0.1) is 0 Å². The molecule has 8 heteroatoms. The lowest BCUT2D eigenvalue weighted by atomic mass is 10.1. The number of anilines is 1. The summed E-state index contributed by atoms with van der Waals surface area (Å²) in [5.74, 6) is 0.591. The molecule has 2 rings (SSSR count). The molecule has 29 heavy (non-hydrogen) atoms. The average Bonchev–Trinajstić information content (AvgIpc) is 2.68. The molecule has 1 amide bonds. The maximum absolute atomic E-state index is 12.4. The van der Waals surface area contributed by atoms with Gasteiger partial charge in [0.25, 0.3) is 5.91 Å². The van der Waals surface area contributed by atoms with Crippen LogP contribution in [0.1, 0.15) is 35.7 Å². The van der Waals surface area contributed by atoms with Gasteiger partial charge in [0.15, 0.2) is 0 Å². The molecule has 158 valence electrons. The van der Waals surface area contributed by atoms with Crippen molar-refractivity contribution in [2.45, 2.75) is 26.2 Å². The molecule has 0 bridgehead atoms. The van der Waals surface area contributed by atoms with Crippen molar-refractivity contribution < 1.29 is 17.9 Å². The molecule has 0 radical (unpaired) electrons. The van der Waals surface area contributed by atoms with Crippen LogP contribution in [0, 0.1) is 0 Å². The van der Waals surface area contributed by atoms with Crippen LogP contribution in [0.15, 0.2) is 42.5 Å². The number of sulfonamides is 1. The Hall–Kier alpha value is -2.25.